The minimum atomic E-state index is -3.86. The molecule has 0 aliphatic carbocycles. The third-order valence-electron chi connectivity index (χ3n) is 6.70. The predicted molar refractivity (Wildman–Crippen MR) is 140 cm³/mol. The molecule has 0 aromatic heterocycles. The van der Waals surface area contributed by atoms with Crippen LogP contribution in [0.15, 0.2) is 77.7 Å². The summed E-state index contributed by atoms with van der Waals surface area (Å²) in [7, 11) is -0.787. The number of anilines is 1. The van der Waals surface area contributed by atoms with Crippen LogP contribution in [0.5, 0.6) is 11.5 Å². The number of hydrogen-bond acceptors (Lipinski definition) is 6. The molecule has 1 aliphatic rings. The lowest BCUT2D eigenvalue weighted by atomic mass is 9.89. The summed E-state index contributed by atoms with van der Waals surface area (Å²) in [6.07, 6.45) is 1.33. The number of benzene rings is 3. The molecule has 37 heavy (non-hydrogen) atoms. The molecule has 9 heteroatoms. The molecule has 1 heterocycles. The van der Waals surface area contributed by atoms with Crippen LogP contribution in [-0.4, -0.2) is 59.5 Å². The van der Waals surface area contributed by atoms with E-state index in [2.05, 4.69) is 4.90 Å². The Morgan fingerprint density at radius 2 is 1.59 bits per heavy atom. The quantitative estimate of drug-likeness (QED) is 0.359. The summed E-state index contributed by atoms with van der Waals surface area (Å²) in [6, 6.07) is 19.0. The van der Waals surface area contributed by atoms with Crippen LogP contribution >= 0.6 is 0 Å². The number of carbonyl (C=O) groups is 1. The minimum absolute atomic E-state index is 0.0275. The molecule has 0 N–H and O–H groups in total. The van der Waals surface area contributed by atoms with E-state index in [1.807, 2.05) is 0 Å². The van der Waals surface area contributed by atoms with Gasteiger partial charge in [0, 0.05) is 30.6 Å². The van der Waals surface area contributed by atoms with Crippen LogP contribution in [0.1, 0.15) is 23.2 Å². The van der Waals surface area contributed by atoms with Crippen LogP contribution in [-0.2, 0) is 10.0 Å². The van der Waals surface area contributed by atoms with Gasteiger partial charge >= 0.3 is 0 Å². The molecule has 1 saturated heterocycles. The molecule has 0 unspecified atom stereocenters. The van der Waals surface area contributed by atoms with E-state index in [-0.39, 0.29) is 29.0 Å². The lowest BCUT2D eigenvalue weighted by Crippen LogP contribution is -2.42. The number of hydrogen-bond donors (Lipinski definition) is 0. The van der Waals surface area contributed by atoms with Gasteiger partial charge in [-0.05, 0) is 86.6 Å². The van der Waals surface area contributed by atoms with Gasteiger partial charge in [-0.25, -0.2) is 12.8 Å². The molecule has 196 valence electrons. The van der Waals surface area contributed by atoms with Crippen molar-refractivity contribution >= 4 is 21.5 Å². The molecule has 1 aliphatic heterocycles. The fourth-order valence-corrected chi connectivity index (χ4v) is 5.98. The average Bonchev–Trinajstić information content (AvgIpc) is 2.93. The number of Topliss-reactive ketones (excluding diaryl/α,β-unsaturated/α-hetero) is 1. The summed E-state index contributed by atoms with van der Waals surface area (Å²) < 4.78 is 52.5. The molecule has 1 fully saturated rings. The number of likely N-dealkylation sites (tertiary alicyclic amines) is 1. The highest BCUT2D eigenvalue weighted by Crippen LogP contribution is 2.28. The van der Waals surface area contributed by atoms with Crippen LogP contribution in [0, 0.1) is 11.7 Å². The van der Waals surface area contributed by atoms with Gasteiger partial charge in [0.05, 0.1) is 24.8 Å². The van der Waals surface area contributed by atoms with Gasteiger partial charge in [-0.15, -0.1) is 0 Å². The Labute approximate surface area is 217 Å². The van der Waals surface area contributed by atoms with E-state index >= 15 is 0 Å². The van der Waals surface area contributed by atoms with E-state index < -0.39 is 10.0 Å². The van der Waals surface area contributed by atoms with Crippen LogP contribution in [0.3, 0.4) is 0 Å². The van der Waals surface area contributed by atoms with Gasteiger partial charge in [0.25, 0.3) is 10.0 Å². The molecule has 0 radical (unpaired) electrons. The molecule has 3 aromatic carbocycles. The zero-order chi connectivity index (χ0) is 26.4. The van der Waals surface area contributed by atoms with E-state index in [0.29, 0.717) is 55.2 Å². The second-order valence-electron chi connectivity index (χ2n) is 8.94. The molecule has 0 saturated carbocycles. The topological polar surface area (TPSA) is 76.2 Å². The highest BCUT2D eigenvalue weighted by molar-refractivity contribution is 7.92. The first-order valence-electron chi connectivity index (χ1n) is 12.1. The van der Waals surface area contributed by atoms with Crippen molar-refractivity contribution in [3.05, 3.63) is 84.2 Å². The van der Waals surface area contributed by atoms with Crippen molar-refractivity contribution in [2.45, 2.75) is 17.7 Å². The Kier molecular flexibility index (Phi) is 8.45. The van der Waals surface area contributed by atoms with E-state index in [4.69, 9.17) is 9.47 Å². The fraction of sp³-hybridized carbons (Fsp3) is 0.321. The summed E-state index contributed by atoms with van der Waals surface area (Å²) in [6.45, 7) is 2.08. The summed E-state index contributed by atoms with van der Waals surface area (Å²) in [5.41, 5.74) is 1.03. The number of halogens is 1. The Hall–Kier alpha value is -3.43. The maximum absolute atomic E-state index is 13.7. The van der Waals surface area contributed by atoms with Gasteiger partial charge in [-0.1, -0.05) is 6.07 Å². The highest BCUT2D eigenvalue weighted by atomic mass is 32.2. The second-order valence-corrected chi connectivity index (χ2v) is 10.8. The molecular formula is C28H31FN2O5S. The van der Waals surface area contributed by atoms with E-state index in [1.54, 1.807) is 43.5 Å². The van der Waals surface area contributed by atoms with Crippen molar-refractivity contribution in [2.75, 3.05) is 44.7 Å². The normalized spacial score (nSPS) is 14.8. The number of ether oxygens (including phenoxy) is 2. The Balaban J connectivity index is 1.47. The zero-order valence-electron chi connectivity index (χ0n) is 21.0. The van der Waals surface area contributed by atoms with Gasteiger partial charge in [0.15, 0.2) is 5.78 Å². The number of ketones is 1. The Morgan fingerprint density at radius 1 is 0.946 bits per heavy atom. The number of rotatable bonds is 10. The van der Waals surface area contributed by atoms with E-state index in [9.17, 15) is 17.6 Å². The summed E-state index contributed by atoms with van der Waals surface area (Å²) in [4.78, 5) is 15.2. The molecule has 0 amide bonds. The molecule has 0 bridgehead atoms. The molecule has 0 spiro atoms. The van der Waals surface area contributed by atoms with Gasteiger partial charge in [-0.3, -0.25) is 9.10 Å². The maximum atomic E-state index is 13.7. The van der Waals surface area contributed by atoms with Crippen molar-refractivity contribution in [3.63, 3.8) is 0 Å². The summed E-state index contributed by atoms with van der Waals surface area (Å²) >= 11 is 0. The third kappa shape index (κ3) is 6.29. The standard InChI is InChI=1S/C28H31FN2O5S/c1-35-25-10-12-27(13-11-25)37(33,34)31(24-4-3-5-26(20-24)36-2)19-18-30-16-14-22(15-17-30)28(32)21-6-8-23(29)9-7-21/h3-13,20,22H,14-19H2,1-2H3. The first-order valence-corrected chi connectivity index (χ1v) is 13.6. The second kappa shape index (κ2) is 11.7. The number of carbonyl (C=O) groups excluding carboxylic acids is 1. The fourth-order valence-electron chi connectivity index (χ4n) is 4.53. The molecule has 4 rings (SSSR count). The maximum Gasteiger partial charge on any atom is 0.264 e. The SMILES string of the molecule is COc1ccc(S(=O)(=O)N(CCN2CCC(C(=O)c3ccc(F)cc3)CC2)c2cccc(OC)c2)cc1. The van der Waals surface area contributed by atoms with Gasteiger partial charge < -0.3 is 14.4 Å². The third-order valence-corrected chi connectivity index (χ3v) is 8.54. The van der Waals surface area contributed by atoms with Gasteiger partial charge in [0.2, 0.25) is 0 Å². The largest absolute Gasteiger partial charge is 0.497 e. The van der Waals surface area contributed by atoms with Gasteiger partial charge in [0.1, 0.15) is 17.3 Å². The number of nitrogens with zero attached hydrogens (tertiary/aromatic N) is 2. The van der Waals surface area contributed by atoms with Crippen LogP contribution in [0.4, 0.5) is 10.1 Å². The molecule has 3 aromatic rings. The number of sulfonamides is 1. The zero-order valence-corrected chi connectivity index (χ0v) is 21.8. The summed E-state index contributed by atoms with van der Waals surface area (Å²) in [5.74, 6) is 0.674. The van der Waals surface area contributed by atoms with Crippen molar-refractivity contribution in [1.82, 2.24) is 4.90 Å². The lowest BCUT2D eigenvalue weighted by molar-refractivity contribution is 0.0843. The molecule has 7 nitrogen and oxygen atoms in total. The monoisotopic (exact) mass is 526 g/mol. The highest BCUT2D eigenvalue weighted by Gasteiger charge is 2.29. The molecular weight excluding hydrogens is 495 g/mol. The minimum Gasteiger partial charge on any atom is -0.497 e. The predicted octanol–water partition coefficient (Wildman–Crippen LogP) is 4.63. The van der Waals surface area contributed by atoms with E-state index in [0.717, 1.165) is 0 Å². The van der Waals surface area contributed by atoms with Crippen LogP contribution in [0.2, 0.25) is 0 Å². The first-order chi connectivity index (χ1) is 17.8. The molecule has 0 atom stereocenters. The summed E-state index contributed by atoms with van der Waals surface area (Å²) in [5, 5.41) is 0. The van der Waals surface area contributed by atoms with Crippen LogP contribution in [0.25, 0.3) is 0 Å². The number of methoxy groups -OCH3 is 2. The Bertz CT molecular complexity index is 1310. The average molecular weight is 527 g/mol. The van der Waals surface area contributed by atoms with Gasteiger partial charge in [-0.2, -0.15) is 0 Å². The number of piperidine rings is 1. The van der Waals surface area contributed by atoms with Crippen LogP contribution < -0.4 is 13.8 Å². The van der Waals surface area contributed by atoms with Crippen molar-refractivity contribution in [1.29, 1.82) is 0 Å². The lowest BCUT2D eigenvalue weighted by Gasteiger charge is -2.33. The van der Waals surface area contributed by atoms with Crippen molar-refractivity contribution < 1.29 is 27.1 Å². The van der Waals surface area contributed by atoms with Crippen molar-refractivity contribution in [3.8, 4) is 11.5 Å². The Morgan fingerprint density at radius 3 is 2.22 bits per heavy atom. The first kappa shape index (κ1) is 26.6. The smallest absolute Gasteiger partial charge is 0.264 e. The van der Waals surface area contributed by atoms with Crippen molar-refractivity contribution in [2.24, 2.45) is 5.92 Å². The van der Waals surface area contributed by atoms with E-state index in [1.165, 1.54) is 47.8 Å².